The molecule has 22 heavy (non-hydrogen) atoms. The molecule has 0 amide bonds. The van der Waals surface area contributed by atoms with Crippen LogP contribution in [0.5, 0.6) is 0 Å². The van der Waals surface area contributed by atoms with E-state index in [9.17, 15) is 13.6 Å². The van der Waals surface area contributed by atoms with Gasteiger partial charge in [0.1, 0.15) is 11.6 Å². The topological polar surface area (TPSA) is 26.3 Å². The van der Waals surface area contributed by atoms with Crippen LogP contribution < -0.4 is 0 Å². The third kappa shape index (κ3) is 2.11. The van der Waals surface area contributed by atoms with Crippen molar-refractivity contribution in [3.8, 4) is 0 Å². The van der Waals surface area contributed by atoms with Gasteiger partial charge in [0.2, 0.25) is 0 Å². The van der Waals surface area contributed by atoms with Crippen molar-refractivity contribution in [3.63, 3.8) is 0 Å². The lowest BCUT2D eigenvalue weighted by molar-refractivity contribution is 0.0528. The summed E-state index contributed by atoms with van der Waals surface area (Å²) < 4.78 is 33.6. The Morgan fingerprint density at radius 3 is 2.23 bits per heavy atom. The van der Waals surface area contributed by atoms with E-state index in [1.54, 1.807) is 25.1 Å². The summed E-state index contributed by atoms with van der Waals surface area (Å²) >= 11 is 0. The fraction of sp³-hybridized carbons (Fsp3) is 0.167. The van der Waals surface area contributed by atoms with E-state index >= 15 is 0 Å². The van der Waals surface area contributed by atoms with Crippen LogP contribution in [0.1, 0.15) is 22.8 Å². The number of carbonyl (C=O) groups is 1. The van der Waals surface area contributed by atoms with Crippen molar-refractivity contribution in [1.82, 2.24) is 0 Å². The van der Waals surface area contributed by atoms with Gasteiger partial charge < -0.3 is 4.74 Å². The van der Waals surface area contributed by atoms with Gasteiger partial charge in [0.15, 0.2) is 0 Å². The van der Waals surface area contributed by atoms with E-state index in [2.05, 4.69) is 0 Å². The van der Waals surface area contributed by atoms with E-state index in [0.29, 0.717) is 10.8 Å². The van der Waals surface area contributed by atoms with Gasteiger partial charge in [0.25, 0.3) is 0 Å². The van der Waals surface area contributed by atoms with E-state index in [4.69, 9.17) is 4.74 Å². The van der Waals surface area contributed by atoms with Crippen LogP contribution in [0.15, 0.2) is 36.4 Å². The average molecular weight is 300 g/mol. The molecule has 112 valence electrons. The first-order valence-electron chi connectivity index (χ1n) is 7.01. The SMILES string of the molecule is CCOC(=O)c1ccc(F)c2c1ccc1c(C)ccc(F)c12. The molecule has 0 fully saturated rings. The molecule has 4 heteroatoms. The number of halogens is 2. The summed E-state index contributed by atoms with van der Waals surface area (Å²) in [5.41, 5.74) is 1.08. The van der Waals surface area contributed by atoms with Crippen LogP contribution >= 0.6 is 0 Å². The Labute approximate surface area is 126 Å². The number of hydrogen-bond donors (Lipinski definition) is 0. The average Bonchev–Trinajstić information content (AvgIpc) is 2.51. The van der Waals surface area contributed by atoms with Crippen LogP contribution in [0, 0.1) is 18.6 Å². The normalized spacial score (nSPS) is 11.1. The molecule has 0 spiro atoms. The van der Waals surface area contributed by atoms with E-state index in [0.717, 1.165) is 5.56 Å². The molecule has 0 bridgehead atoms. The fourth-order valence-electron chi connectivity index (χ4n) is 2.74. The van der Waals surface area contributed by atoms with Gasteiger partial charge in [-0.2, -0.15) is 0 Å². The zero-order chi connectivity index (χ0) is 15.9. The van der Waals surface area contributed by atoms with Gasteiger partial charge in [-0.3, -0.25) is 0 Å². The lowest BCUT2D eigenvalue weighted by atomic mass is 9.95. The lowest BCUT2D eigenvalue weighted by Crippen LogP contribution is -2.06. The standard InChI is InChI=1S/C18H14F2O2/c1-3-22-18(21)13-7-9-15(20)17-12(13)6-5-11-10(2)4-8-14(19)16(11)17/h4-9H,3H2,1-2H3. The highest BCUT2D eigenvalue weighted by Gasteiger charge is 2.17. The maximum atomic E-state index is 14.3. The molecule has 3 aromatic carbocycles. The summed E-state index contributed by atoms with van der Waals surface area (Å²) in [6.07, 6.45) is 0. The van der Waals surface area contributed by atoms with Crippen molar-refractivity contribution in [1.29, 1.82) is 0 Å². The third-order valence-corrected chi connectivity index (χ3v) is 3.77. The third-order valence-electron chi connectivity index (χ3n) is 3.77. The van der Waals surface area contributed by atoms with Crippen molar-refractivity contribution in [2.45, 2.75) is 13.8 Å². The predicted molar refractivity (Wildman–Crippen MR) is 82.1 cm³/mol. The molecule has 0 aromatic heterocycles. The minimum atomic E-state index is -0.557. The highest BCUT2D eigenvalue weighted by Crippen LogP contribution is 2.33. The molecule has 3 rings (SSSR count). The second-order valence-electron chi connectivity index (χ2n) is 5.09. The molecule has 0 saturated carbocycles. The van der Waals surface area contributed by atoms with Gasteiger partial charge in [-0.1, -0.05) is 18.2 Å². The minimum absolute atomic E-state index is 0.115. The number of aryl methyl sites for hydroxylation is 1. The molecular weight excluding hydrogens is 286 g/mol. The smallest absolute Gasteiger partial charge is 0.338 e. The quantitative estimate of drug-likeness (QED) is 0.504. The van der Waals surface area contributed by atoms with Gasteiger partial charge in [-0.25, -0.2) is 13.6 Å². The van der Waals surface area contributed by atoms with Crippen molar-refractivity contribution < 1.29 is 18.3 Å². The van der Waals surface area contributed by atoms with E-state index in [-0.39, 0.29) is 22.9 Å². The second kappa shape index (κ2) is 5.37. The Hall–Kier alpha value is -2.49. The maximum absolute atomic E-state index is 14.3. The Morgan fingerprint density at radius 1 is 0.955 bits per heavy atom. The molecule has 0 unspecified atom stereocenters. The highest BCUT2D eigenvalue weighted by molar-refractivity contribution is 6.15. The molecule has 0 aliphatic carbocycles. The molecule has 0 saturated heterocycles. The lowest BCUT2D eigenvalue weighted by Gasteiger charge is -2.11. The molecule has 0 aliphatic rings. The molecule has 0 heterocycles. The van der Waals surface area contributed by atoms with E-state index in [1.165, 1.54) is 18.2 Å². The molecule has 0 aliphatic heterocycles. The van der Waals surface area contributed by atoms with Crippen LogP contribution in [0.25, 0.3) is 21.5 Å². The molecule has 2 nitrogen and oxygen atoms in total. The van der Waals surface area contributed by atoms with E-state index in [1.807, 2.05) is 6.92 Å². The molecule has 3 aromatic rings. The zero-order valence-corrected chi connectivity index (χ0v) is 12.2. The van der Waals surface area contributed by atoms with Gasteiger partial charge in [0.05, 0.1) is 12.2 Å². The van der Waals surface area contributed by atoms with Crippen LogP contribution in [0.4, 0.5) is 8.78 Å². The van der Waals surface area contributed by atoms with E-state index < -0.39 is 17.6 Å². The Bertz CT molecular complexity index is 901. The second-order valence-corrected chi connectivity index (χ2v) is 5.09. The van der Waals surface area contributed by atoms with Crippen LogP contribution in [-0.4, -0.2) is 12.6 Å². The first-order valence-corrected chi connectivity index (χ1v) is 7.01. The number of benzene rings is 3. The maximum Gasteiger partial charge on any atom is 0.338 e. The number of rotatable bonds is 2. The van der Waals surface area contributed by atoms with Crippen molar-refractivity contribution in [2.75, 3.05) is 6.61 Å². The van der Waals surface area contributed by atoms with Gasteiger partial charge in [-0.05, 0) is 48.4 Å². The monoisotopic (exact) mass is 300 g/mol. The van der Waals surface area contributed by atoms with Gasteiger partial charge in [0, 0.05) is 10.8 Å². The largest absolute Gasteiger partial charge is 0.462 e. The number of fused-ring (bicyclic) bond motifs is 3. The summed E-state index contributed by atoms with van der Waals surface area (Å²) in [5, 5.41) is 1.30. The minimum Gasteiger partial charge on any atom is -0.462 e. The van der Waals surface area contributed by atoms with Crippen LogP contribution in [0.3, 0.4) is 0 Å². The van der Waals surface area contributed by atoms with Crippen molar-refractivity contribution >= 4 is 27.5 Å². The Morgan fingerprint density at radius 2 is 1.55 bits per heavy atom. The number of ether oxygens (including phenoxy) is 1. The van der Waals surface area contributed by atoms with Crippen LogP contribution in [-0.2, 0) is 4.74 Å². The Kier molecular flexibility index (Phi) is 3.53. The Balaban J connectivity index is 2.47. The summed E-state index contributed by atoms with van der Waals surface area (Å²) in [4.78, 5) is 12.0. The van der Waals surface area contributed by atoms with Crippen molar-refractivity contribution in [3.05, 3.63) is 59.2 Å². The summed E-state index contributed by atoms with van der Waals surface area (Å²) in [6.45, 7) is 3.75. The number of carbonyl (C=O) groups excluding carboxylic acids is 1. The first-order chi connectivity index (χ1) is 10.5. The molecule has 0 atom stereocenters. The summed E-state index contributed by atoms with van der Waals surface area (Å²) in [7, 11) is 0. The molecular formula is C18H14F2O2. The van der Waals surface area contributed by atoms with Gasteiger partial charge in [-0.15, -0.1) is 0 Å². The molecule has 0 N–H and O–H groups in total. The van der Waals surface area contributed by atoms with Gasteiger partial charge >= 0.3 is 5.97 Å². The summed E-state index contributed by atoms with van der Waals surface area (Å²) in [6, 6.07) is 8.85. The zero-order valence-electron chi connectivity index (χ0n) is 12.2. The number of hydrogen-bond acceptors (Lipinski definition) is 2. The predicted octanol–water partition coefficient (Wildman–Crippen LogP) is 4.76. The fourth-order valence-corrected chi connectivity index (χ4v) is 2.74. The highest BCUT2D eigenvalue weighted by atomic mass is 19.1. The van der Waals surface area contributed by atoms with Crippen molar-refractivity contribution in [2.24, 2.45) is 0 Å². The first kappa shape index (κ1) is 14.4. The number of esters is 1. The molecule has 0 radical (unpaired) electrons. The summed E-state index contributed by atoms with van der Waals surface area (Å²) in [5.74, 6) is -1.61. The van der Waals surface area contributed by atoms with Crippen LogP contribution in [0.2, 0.25) is 0 Å².